The van der Waals surface area contributed by atoms with Crippen LogP contribution in [0.2, 0.25) is 0 Å². The van der Waals surface area contributed by atoms with E-state index in [4.69, 9.17) is 0 Å². The highest BCUT2D eigenvalue weighted by Gasteiger charge is 2.10. The summed E-state index contributed by atoms with van der Waals surface area (Å²) in [7, 11) is 0. The first-order chi connectivity index (χ1) is 13.8. The molecule has 0 radical (unpaired) electrons. The van der Waals surface area contributed by atoms with E-state index in [1.165, 1.54) is 22.3 Å². The quantitative estimate of drug-likeness (QED) is 0.458. The molecule has 0 heterocycles. The second-order valence-electron chi connectivity index (χ2n) is 7.45. The maximum atomic E-state index is 3.75. The van der Waals surface area contributed by atoms with E-state index in [2.05, 4.69) is 102 Å². The summed E-state index contributed by atoms with van der Waals surface area (Å²) in [5.74, 6) is 0. The highest BCUT2D eigenvalue weighted by molar-refractivity contribution is 5.22. The van der Waals surface area contributed by atoms with Gasteiger partial charge in [-0.2, -0.15) is 0 Å². The smallest absolute Gasteiger partial charge is 0.0446 e. The molecule has 3 aromatic rings. The molecule has 2 N–H and O–H groups in total. The molecule has 2 heteroatoms. The van der Waals surface area contributed by atoms with Crippen LogP contribution in [0.15, 0.2) is 84.9 Å². The van der Waals surface area contributed by atoms with Crippen molar-refractivity contribution in [1.82, 2.24) is 10.6 Å². The number of hydrogen-bond acceptors (Lipinski definition) is 2. The van der Waals surface area contributed by atoms with Crippen molar-refractivity contribution >= 4 is 0 Å². The van der Waals surface area contributed by atoms with E-state index in [9.17, 15) is 0 Å². The van der Waals surface area contributed by atoms with Crippen molar-refractivity contribution in [2.75, 3.05) is 19.6 Å². The molecule has 3 rings (SSSR count). The zero-order valence-corrected chi connectivity index (χ0v) is 16.9. The van der Waals surface area contributed by atoms with Gasteiger partial charge in [0.15, 0.2) is 0 Å². The molecular weight excluding hydrogens is 340 g/mol. The molecule has 0 amide bonds. The van der Waals surface area contributed by atoms with Crippen LogP contribution in [0.1, 0.15) is 34.7 Å². The van der Waals surface area contributed by atoms with Crippen LogP contribution in [0.5, 0.6) is 0 Å². The Morgan fingerprint density at radius 2 is 1.32 bits per heavy atom. The minimum absolute atomic E-state index is 0.336. The fraction of sp³-hybridized carbons (Fsp3) is 0.308. The summed E-state index contributed by atoms with van der Waals surface area (Å²) in [5, 5.41) is 7.39. The predicted octanol–water partition coefficient (Wildman–Crippen LogP) is 5.09. The van der Waals surface area contributed by atoms with Gasteiger partial charge in [0.25, 0.3) is 0 Å². The fourth-order valence-electron chi connectivity index (χ4n) is 3.45. The molecule has 0 fully saturated rings. The first-order valence-electron chi connectivity index (χ1n) is 10.4. The van der Waals surface area contributed by atoms with Crippen LogP contribution in [0.4, 0.5) is 0 Å². The third-order valence-electron chi connectivity index (χ3n) is 5.14. The zero-order valence-electron chi connectivity index (χ0n) is 16.9. The number of rotatable bonds is 11. The third-order valence-corrected chi connectivity index (χ3v) is 5.14. The van der Waals surface area contributed by atoms with Gasteiger partial charge in [-0.05, 0) is 56.0 Å². The summed E-state index contributed by atoms with van der Waals surface area (Å²) in [6.45, 7) is 5.11. The Morgan fingerprint density at radius 3 is 2.04 bits per heavy atom. The van der Waals surface area contributed by atoms with E-state index in [1.807, 2.05) is 0 Å². The summed E-state index contributed by atoms with van der Waals surface area (Å²) in [6.07, 6.45) is 3.34. The van der Waals surface area contributed by atoms with Gasteiger partial charge in [0.1, 0.15) is 0 Å². The number of aryl methyl sites for hydroxylation is 2. The molecule has 0 spiro atoms. The van der Waals surface area contributed by atoms with Crippen LogP contribution in [0, 0.1) is 6.92 Å². The highest BCUT2D eigenvalue weighted by atomic mass is 15.0. The SMILES string of the molecule is Cc1ccc(CCNC(CNCCCc2ccccc2)c2ccccc2)cc1. The number of benzene rings is 3. The molecule has 0 bridgehead atoms. The first-order valence-corrected chi connectivity index (χ1v) is 10.4. The summed E-state index contributed by atoms with van der Waals surface area (Å²) in [6, 6.07) is 30.7. The lowest BCUT2D eigenvalue weighted by atomic mass is 10.1. The Labute approximate surface area is 170 Å². The first kappa shape index (κ1) is 20.3. The van der Waals surface area contributed by atoms with Crippen molar-refractivity contribution in [3.05, 3.63) is 107 Å². The van der Waals surface area contributed by atoms with E-state index in [0.29, 0.717) is 6.04 Å². The largest absolute Gasteiger partial charge is 0.315 e. The Kier molecular flexibility index (Phi) is 8.29. The van der Waals surface area contributed by atoms with E-state index < -0.39 is 0 Å². The van der Waals surface area contributed by atoms with Crippen molar-refractivity contribution in [2.45, 2.75) is 32.2 Å². The molecule has 146 valence electrons. The van der Waals surface area contributed by atoms with Crippen LogP contribution >= 0.6 is 0 Å². The second-order valence-corrected chi connectivity index (χ2v) is 7.45. The molecule has 3 aromatic carbocycles. The van der Waals surface area contributed by atoms with Crippen molar-refractivity contribution in [3.8, 4) is 0 Å². The van der Waals surface area contributed by atoms with Crippen molar-refractivity contribution in [3.63, 3.8) is 0 Å². The Hall–Kier alpha value is -2.42. The fourth-order valence-corrected chi connectivity index (χ4v) is 3.45. The van der Waals surface area contributed by atoms with E-state index in [-0.39, 0.29) is 0 Å². The van der Waals surface area contributed by atoms with Crippen molar-refractivity contribution < 1.29 is 0 Å². The Bertz CT molecular complexity index is 782. The monoisotopic (exact) mass is 372 g/mol. The minimum Gasteiger partial charge on any atom is -0.315 e. The van der Waals surface area contributed by atoms with Crippen LogP contribution < -0.4 is 10.6 Å². The normalized spacial score (nSPS) is 12.0. The van der Waals surface area contributed by atoms with Gasteiger partial charge in [-0.3, -0.25) is 0 Å². The molecule has 0 saturated heterocycles. The van der Waals surface area contributed by atoms with Gasteiger partial charge in [-0.1, -0.05) is 90.5 Å². The Balaban J connectivity index is 1.44. The lowest BCUT2D eigenvalue weighted by Gasteiger charge is -2.20. The molecule has 1 unspecified atom stereocenters. The van der Waals surface area contributed by atoms with Crippen LogP contribution in [-0.4, -0.2) is 19.6 Å². The third kappa shape index (κ3) is 6.95. The maximum absolute atomic E-state index is 3.75. The predicted molar refractivity (Wildman–Crippen MR) is 120 cm³/mol. The zero-order chi connectivity index (χ0) is 19.4. The van der Waals surface area contributed by atoms with Gasteiger partial charge in [0.2, 0.25) is 0 Å². The summed E-state index contributed by atoms with van der Waals surface area (Å²) in [5.41, 5.74) is 5.47. The van der Waals surface area contributed by atoms with Crippen LogP contribution in [0.25, 0.3) is 0 Å². The average Bonchev–Trinajstić information content (AvgIpc) is 2.75. The minimum atomic E-state index is 0.336. The van der Waals surface area contributed by atoms with E-state index in [1.54, 1.807) is 0 Å². The van der Waals surface area contributed by atoms with Gasteiger partial charge >= 0.3 is 0 Å². The standard InChI is InChI=1S/C26H32N2/c1-22-14-16-24(17-15-22)18-20-28-26(25-12-6-3-7-13-25)21-27-19-8-11-23-9-4-2-5-10-23/h2-7,9-10,12-17,26-28H,8,11,18-21H2,1H3. The van der Waals surface area contributed by atoms with Gasteiger partial charge in [-0.25, -0.2) is 0 Å². The molecule has 0 aliphatic rings. The molecule has 0 saturated carbocycles. The Morgan fingerprint density at radius 1 is 0.679 bits per heavy atom. The molecule has 28 heavy (non-hydrogen) atoms. The molecular formula is C26H32N2. The van der Waals surface area contributed by atoms with Gasteiger partial charge in [0, 0.05) is 12.6 Å². The number of hydrogen-bond donors (Lipinski definition) is 2. The molecule has 1 atom stereocenters. The van der Waals surface area contributed by atoms with Gasteiger partial charge in [0.05, 0.1) is 0 Å². The van der Waals surface area contributed by atoms with E-state index in [0.717, 1.165) is 38.9 Å². The van der Waals surface area contributed by atoms with Crippen molar-refractivity contribution in [1.29, 1.82) is 0 Å². The molecule has 0 aliphatic carbocycles. The topological polar surface area (TPSA) is 24.1 Å². The summed E-state index contributed by atoms with van der Waals surface area (Å²) >= 11 is 0. The van der Waals surface area contributed by atoms with E-state index >= 15 is 0 Å². The molecule has 2 nitrogen and oxygen atoms in total. The maximum Gasteiger partial charge on any atom is 0.0446 e. The van der Waals surface area contributed by atoms with Crippen LogP contribution in [0.3, 0.4) is 0 Å². The summed E-state index contributed by atoms with van der Waals surface area (Å²) < 4.78 is 0. The molecule has 0 aromatic heterocycles. The number of nitrogens with one attached hydrogen (secondary N) is 2. The van der Waals surface area contributed by atoms with Crippen LogP contribution in [-0.2, 0) is 12.8 Å². The van der Waals surface area contributed by atoms with Gasteiger partial charge < -0.3 is 10.6 Å². The summed E-state index contributed by atoms with van der Waals surface area (Å²) in [4.78, 5) is 0. The second kappa shape index (κ2) is 11.4. The average molecular weight is 373 g/mol. The lowest BCUT2D eigenvalue weighted by Crippen LogP contribution is -2.33. The van der Waals surface area contributed by atoms with Gasteiger partial charge in [-0.15, -0.1) is 0 Å². The molecule has 0 aliphatic heterocycles. The lowest BCUT2D eigenvalue weighted by molar-refractivity contribution is 0.488. The van der Waals surface area contributed by atoms with Crippen molar-refractivity contribution in [2.24, 2.45) is 0 Å². The highest BCUT2D eigenvalue weighted by Crippen LogP contribution is 2.12.